The standard InChI is InChI=1S/C22H17ClN2O2S/c1-14-24-19-11-10-17(12-21(19)28-14)25-22(26)18-4-2-3-5-20(18)27-13-15-6-8-16(23)9-7-15/h2-12H,13H2,1H3,(H,25,26). The number of amides is 1. The normalized spacial score (nSPS) is 10.8. The van der Waals surface area contributed by atoms with Crippen LogP contribution in [0.1, 0.15) is 20.9 Å². The van der Waals surface area contributed by atoms with Crippen molar-refractivity contribution in [3.8, 4) is 5.75 Å². The van der Waals surface area contributed by atoms with Crippen LogP contribution >= 0.6 is 22.9 Å². The Morgan fingerprint density at radius 3 is 2.71 bits per heavy atom. The number of ether oxygens (including phenoxy) is 1. The van der Waals surface area contributed by atoms with Gasteiger partial charge in [0.05, 0.1) is 20.8 Å². The molecule has 140 valence electrons. The topological polar surface area (TPSA) is 51.2 Å². The number of carbonyl (C=O) groups excluding carboxylic acids is 1. The zero-order valence-electron chi connectivity index (χ0n) is 15.1. The average molecular weight is 409 g/mol. The maximum Gasteiger partial charge on any atom is 0.259 e. The van der Waals surface area contributed by atoms with E-state index >= 15 is 0 Å². The Hall–Kier alpha value is -2.89. The van der Waals surface area contributed by atoms with E-state index in [1.807, 2.05) is 61.5 Å². The highest BCUT2D eigenvalue weighted by molar-refractivity contribution is 7.18. The number of thiazole rings is 1. The Kier molecular flexibility index (Phi) is 5.28. The predicted octanol–water partition coefficient (Wildman–Crippen LogP) is 6.09. The number of halogens is 1. The number of rotatable bonds is 5. The van der Waals surface area contributed by atoms with Crippen LogP contribution in [-0.4, -0.2) is 10.9 Å². The van der Waals surface area contributed by atoms with Crippen molar-refractivity contribution in [2.45, 2.75) is 13.5 Å². The third kappa shape index (κ3) is 4.16. The van der Waals surface area contributed by atoms with Gasteiger partial charge in [-0.05, 0) is 55.0 Å². The van der Waals surface area contributed by atoms with Gasteiger partial charge in [0.1, 0.15) is 12.4 Å². The van der Waals surface area contributed by atoms with Gasteiger partial charge in [-0.1, -0.05) is 35.9 Å². The largest absolute Gasteiger partial charge is 0.488 e. The molecular formula is C22H17ClN2O2S. The third-order valence-electron chi connectivity index (χ3n) is 4.19. The maximum absolute atomic E-state index is 12.8. The molecule has 0 aliphatic rings. The van der Waals surface area contributed by atoms with Crippen LogP contribution in [0, 0.1) is 6.92 Å². The average Bonchev–Trinajstić information content (AvgIpc) is 3.07. The van der Waals surface area contributed by atoms with E-state index in [4.69, 9.17) is 16.3 Å². The van der Waals surface area contributed by atoms with Crippen molar-refractivity contribution in [1.29, 1.82) is 0 Å². The van der Waals surface area contributed by atoms with Crippen molar-refractivity contribution in [3.63, 3.8) is 0 Å². The number of aromatic nitrogens is 1. The molecule has 0 spiro atoms. The van der Waals surface area contributed by atoms with E-state index < -0.39 is 0 Å². The first-order valence-electron chi connectivity index (χ1n) is 8.73. The Morgan fingerprint density at radius 2 is 1.89 bits per heavy atom. The van der Waals surface area contributed by atoms with E-state index in [9.17, 15) is 4.79 Å². The van der Waals surface area contributed by atoms with E-state index in [0.29, 0.717) is 22.9 Å². The molecule has 0 atom stereocenters. The quantitative estimate of drug-likeness (QED) is 0.434. The van der Waals surface area contributed by atoms with Crippen LogP contribution in [0.15, 0.2) is 66.7 Å². The molecule has 3 aromatic carbocycles. The number of nitrogens with one attached hydrogen (secondary N) is 1. The summed E-state index contributed by atoms with van der Waals surface area (Å²) in [5, 5.41) is 4.63. The summed E-state index contributed by atoms with van der Waals surface area (Å²) >= 11 is 7.52. The number of fused-ring (bicyclic) bond motifs is 1. The van der Waals surface area contributed by atoms with Gasteiger partial charge in [0.25, 0.3) is 5.91 Å². The van der Waals surface area contributed by atoms with Crippen molar-refractivity contribution in [2.24, 2.45) is 0 Å². The second-order valence-electron chi connectivity index (χ2n) is 6.28. The van der Waals surface area contributed by atoms with E-state index in [1.54, 1.807) is 23.5 Å². The van der Waals surface area contributed by atoms with Crippen molar-refractivity contribution in [2.75, 3.05) is 5.32 Å². The molecule has 0 radical (unpaired) electrons. The molecule has 1 heterocycles. The first-order chi connectivity index (χ1) is 13.6. The molecule has 1 aromatic heterocycles. The molecule has 0 bridgehead atoms. The molecule has 4 nitrogen and oxygen atoms in total. The van der Waals surface area contributed by atoms with Crippen molar-refractivity contribution < 1.29 is 9.53 Å². The fraction of sp³-hybridized carbons (Fsp3) is 0.0909. The zero-order valence-corrected chi connectivity index (χ0v) is 16.7. The fourth-order valence-corrected chi connectivity index (χ4v) is 3.83. The molecule has 1 N–H and O–H groups in total. The van der Waals surface area contributed by atoms with E-state index in [2.05, 4.69) is 10.3 Å². The van der Waals surface area contributed by atoms with Gasteiger partial charge in [-0.15, -0.1) is 11.3 Å². The van der Waals surface area contributed by atoms with Crippen molar-refractivity contribution in [1.82, 2.24) is 4.98 Å². The minimum atomic E-state index is -0.215. The van der Waals surface area contributed by atoms with Gasteiger partial charge in [0, 0.05) is 10.7 Å². The number of benzene rings is 3. The Morgan fingerprint density at radius 1 is 1.11 bits per heavy atom. The van der Waals surface area contributed by atoms with Crippen LogP contribution in [0.5, 0.6) is 5.75 Å². The van der Waals surface area contributed by atoms with E-state index in [-0.39, 0.29) is 5.91 Å². The molecule has 28 heavy (non-hydrogen) atoms. The number of para-hydroxylation sites is 1. The molecule has 0 fully saturated rings. The summed E-state index contributed by atoms with van der Waals surface area (Å²) in [6, 6.07) is 20.4. The molecule has 0 saturated carbocycles. The Labute approximate surface area is 171 Å². The second kappa shape index (κ2) is 8.00. The first-order valence-corrected chi connectivity index (χ1v) is 9.93. The van der Waals surface area contributed by atoms with E-state index in [1.165, 1.54) is 0 Å². The predicted molar refractivity (Wildman–Crippen MR) is 115 cm³/mol. The summed E-state index contributed by atoms with van der Waals surface area (Å²) in [4.78, 5) is 17.3. The number of nitrogens with zero attached hydrogens (tertiary/aromatic N) is 1. The van der Waals surface area contributed by atoms with Crippen LogP contribution in [0.25, 0.3) is 10.2 Å². The van der Waals surface area contributed by atoms with E-state index in [0.717, 1.165) is 26.5 Å². The molecule has 4 aromatic rings. The van der Waals surface area contributed by atoms with Gasteiger partial charge >= 0.3 is 0 Å². The van der Waals surface area contributed by atoms with Crippen LogP contribution in [0.4, 0.5) is 5.69 Å². The van der Waals surface area contributed by atoms with Gasteiger partial charge in [0.2, 0.25) is 0 Å². The Bertz CT molecular complexity index is 1140. The van der Waals surface area contributed by atoms with Gasteiger partial charge < -0.3 is 10.1 Å². The Balaban J connectivity index is 1.51. The SMILES string of the molecule is Cc1nc2ccc(NC(=O)c3ccccc3OCc3ccc(Cl)cc3)cc2s1. The summed E-state index contributed by atoms with van der Waals surface area (Å²) in [5.74, 6) is 0.317. The minimum absolute atomic E-state index is 0.215. The highest BCUT2D eigenvalue weighted by Gasteiger charge is 2.13. The van der Waals surface area contributed by atoms with Gasteiger partial charge in [-0.2, -0.15) is 0 Å². The van der Waals surface area contributed by atoms with Gasteiger partial charge in [0.15, 0.2) is 0 Å². The minimum Gasteiger partial charge on any atom is -0.488 e. The highest BCUT2D eigenvalue weighted by atomic mass is 35.5. The fourth-order valence-electron chi connectivity index (χ4n) is 2.84. The van der Waals surface area contributed by atoms with Crippen molar-refractivity contribution >= 4 is 44.7 Å². The molecule has 4 rings (SSSR count). The number of carbonyl (C=O) groups is 1. The lowest BCUT2D eigenvalue weighted by atomic mass is 10.1. The van der Waals surface area contributed by atoms with Crippen LogP contribution in [-0.2, 0) is 6.61 Å². The molecule has 6 heteroatoms. The smallest absolute Gasteiger partial charge is 0.259 e. The van der Waals surface area contributed by atoms with Crippen LogP contribution < -0.4 is 10.1 Å². The molecule has 0 aliphatic heterocycles. The lowest BCUT2D eigenvalue weighted by molar-refractivity contribution is 0.102. The maximum atomic E-state index is 12.8. The molecule has 0 unspecified atom stereocenters. The number of hydrogen-bond acceptors (Lipinski definition) is 4. The lowest BCUT2D eigenvalue weighted by Crippen LogP contribution is -2.13. The molecule has 0 saturated heterocycles. The molecular weight excluding hydrogens is 392 g/mol. The lowest BCUT2D eigenvalue weighted by Gasteiger charge is -2.12. The summed E-state index contributed by atoms with van der Waals surface area (Å²) in [7, 11) is 0. The van der Waals surface area contributed by atoms with Crippen molar-refractivity contribution in [3.05, 3.63) is 87.9 Å². The molecule has 1 amide bonds. The number of aryl methyl sites for hydroxylation is 1. The summed E-state index contributed by atoms with van der Waals surface area (Å²) in [6.45, 7) is 2.32. The van der Waals surface area contributed by atoms with Crippen LogP contribution in [0.2, 0.25) is 5.02 Å². The second-order valence-corrected chi connectivity index (χ2v) is 7.95. The summed E-state index contributed by atoms with van der Waals surface area (Å²) < 4.78 is 6.93. The number of hydrogen-bond donors (Lipinski definition) is 1. The van der Waals surface area contributed by atoms with Crippen LogP contribution in [0.3, 0.4) is 0 Å². The highest BCUT2D eigenvalue weighted by Crippen LogP contribution is 2.26. The van der Waals surface area contributed by atoms with Gasteiger partial charge in [-0.3, -0.25) is 4.79 Å². The summed E-state index contributed by atoms with van der Waals surface area (Å²) in [5.41, 5.74) is 3.13. The van der Waals surface area contributed by atoms with Gasteiger partial charge in [-0.25, -0.2) is 4.98 Å². The monoisotopic (exact) mass is 408 g/mol. The zero-order chi connectivity index (χ0) is 19.5. The number of anilines is 1. The first kappa shape index (κ1) is 18.5. The molecule has 0 aliphatic carbocycles. The summed E-state index contributed by atoms with van der Waals surface area (Å²) in [6.07, 6.45) is 0. The third-order valence-corrected chi connectivity index (χ3v) is 5.38.